The van der Waals surface area contributed by atoms with Crippen molar-refractivity contribution in [2.45, 2.75) is 24.9 Å². The average Bonchev–Trinajstić information content (AvgIpc) is 2.85. The molecule has 0 spiro atoms. The lowest BCUT2D eigenvalue weighted by Crippen LogP contribution is -2.22. The largest absolute Gasteiger partial charge is 0.476 e. The van der Waals surface area contributed by atoms with Crippen molar-refractivity contribution in [3.8, 4) is 0 Å². The van der Waals surface area contributed by atoms with E-state index < -0.39 is 0 Å². The molecule has 2 aromatic carbocycles. The molecule has 2 aliphatic heterocycles. The number of hydrogen-bond acceptors (Lipinski definition) is 5. The van der Waals surface area contributed by atoms with Crippen molar-refractivity contribution >= 4 is 35.0 Å². The second-order valence-corrected chi connectivity index (χ2v) is 8.56. The molecule has 0 saturated carbocycles. The number of nitrogens with zero attached hydrogens (tertiary/aromatic N) is 3. The number of aliphatic imine (C=N–C) groups is 2. The third-order valence-corrected chi connectivity index (χ3v) is 6.01. The van der Waals surface area contributed by atoms with Gasteiger partial charge in [0.05, 0.1) is 25.3 Å². The molecule has 0 amide bonds. The van der Waals surface area contributed by atoms with E-state index in [0.717, 1.165) is 24.0 Å². The average molecular weight is 466 g/mol. The first kappa shape index (κ1) is 21.0. The Bertz CT molecular complexity index is 1070. The zero-order chi connectivity index (χ0) is 21.9. The van der Waals surface area contributed by atoms with Gasteiger partial charge in [-0.1, -0.05) is 53.5 Å². The van der Waals surface area contributed by atoms with Crippen LogP contribution in [0.4, 0.5) is 0 Å². The van der Waals surface area contributed by atoms with Gasteiger partial charge in [0.15, 0.2) is 0 Å². The third kappa shape index (κ3) is 4.64. The first-order valence-corrected chi connectivity index (χ1v) is 11.3. The molecule has 0 fully saturated rings. The number of hydrogen-bond donors (Lipinski definition) is 0. The Hall–Kier alpha value is -2.89. The van der Waals surface area contributed by atoms with E-state index in [1.807, 2.05) is 66.7 Å². The summed E-state index contributed by atoms with van der Waals surface area (Å²) in [4.78, 5) is 14.4. The van der Waals surface area contributed by atoms with E-state index in [4.69, 9.17) is 47.6 Å². The smallest absolute Gasteiger partial charge is 0.235 e. The van der Waals surface area contributed by atoms with Crippen molar-refractivity contribution in [2.24, 2.45) is 9.98 Å². The van der Waals surface area contributed by atoms with Crippen LogP contribution in [0.5, 0.6) is 0 Å². The van der Waals surface area contributed by atoms with E-state index in [0.29, 0.717) is 46.4 Å². The fourth-order valence-electron chi connectivity index (χ4n) is 3.83. The van der Waals surface area contributed by atoms with Crippen molar-refractivity contribution in [2.75, 3.05) is 13.2 Å². The molecule has 0 saturated heterocycles. The van der Waals surface area contributed by atoms with Crippen LogP contribution in [0.2, 0.25) is 10.0 Å². The summed E-state index contributed by atoms with van der Waals surface area (Å²) in [5.74, 6) is 1.06. The molecule has 32 heavy (non-hydrogen) atoms. The van der Waals surface area contributed by atoms with Crippen molar-refractivity contribution < 1.29 is 9.47 Å². The van der Waals surface area contributed by atoms with Gasteiger partial charge in [-0.2, -0.15) is 0 Å². The number of rotatable bonds is 4. The topological polar surface area (TPSA) is 56.1 Å². The predicted octanol–water partition coefficient (Wildman–Crippen LogP) is 6.20. The van der Waals surface area contributed by atoms with Gasteiger partial charge in [0.25, 0.3) is 0 Å². The van der Waals surface area contributed by atoms with E-state index in [1.54, 1.807) is 0 Å². The summed E-state index contributed by atoms with van der Waals surface area (Å²) in [6.07, 6.45) is 1.62. The van der Waals surface area contributed by atoms with E-state index >= 15 is 0 Å². The minimum absolute atomic E-state index is 0.0130. The van der Waals surface area contributed by atoms with Gasteiger partial charge in [-0.25, -0.2) is 15.0 Å². The van der Waals surface area contributed by atoms with Gasteiger partial charge >= 0.3 is 0 Å². The van der Waals surface area contributed by atoms with Gasteiger partial charge in [0.2, 0.25) is 11.8 Å². The molecule has 2 atom stereocenters. The van der Waals surface area contributed by atoms with Gasteiger partial charge in [-0.05, 0) is 47.5 Å². The normalized spacial score (nSPS) is 20.6. The zero-order valence-corrected chi connectivity index (χ0v) is 18.8. The van der Waals surface area contributed by atoms with E-state index in [-0.39, 0.29) is 12.1 Å². The van der Waals surface area contributed by atoms with Gasteiger partial charge in [0, 0.05) is 22.9 Å². The lowest BCUT2D eigenvalue weighted by atomic mass is 10.0. The Morgan fingerprint density at radius 2 is 1.06 bits per heavy atom. The standard InChI is InChI=1S/C25H21Cl2N3O2/c26-18-8-4-16(5-9-18)20-12-14-31-24(29-20)22-2-1-3-23(28-22)25-30-21(13-15-32-25)17-6-10-19(27)11-7-17/h1-11,20-21H,12-15H2/t20-,21-/m0/s1. The molecule has 7 heteroatoms. The quantitative estimate of drug-likeness (QED) is 0.460. The summed E-state index contributed by atoms with van der Waals surface area (Å²) in [6, 6.07) is 21.3. The molecular formula is C25H21Cl2N3O2. The van der Waals surface area contributed by atoms with Crippen LogP contribution < -0.4 is 0 Å². The molecule has 0 aliphatic carbocycles. The summed E-state index contributed by atoms with van der Waals surface area (Å²) in [5, 5.41) is 1.43. The van der Waals surface area contributed by atoms with Gasteiger partial charge in [-0.15, -0.1) is 0 Å². The zero-order valence-electron chi connectivity index (χ0n) is 17.2. The highest BCUT2D eigenvalue weighted by Gasteiger charge is 2.23. The maximum atomic E-state index is 6.02. The Morgan fingerprint density at radius 3 is 1.50 bits per heavy atom. The van der Waals surface area contributed by atoms with Crippen LogP contribution in [0.15, 0.2) is 76.7 Å². The van der Waals surface area contributed by atoms with Gasteiger partial charge in [-0.3, -0.25) is 0 Å². The monoisotopic (exact) mass is 465 g/mol. The van der Waals surface area contributed by atoms with E-state index in [2.05, 4.69) is 0 Å². The molecule has 162 valence electrons. The first-order chi connectivity index (χ1) is 15.7. The number of aromatic nitrogens is 1. The second kappa shape index (κ2) is 9.31. The number of benzene rings is 2. The summed E-state index contributed by atoms with van der Waals surface area (Å²) in [6.45, 7) is 1.16. The molecule has 0 radical (unpaired) electrons. The van der Waals surface area contributed by atoms with Crippen molar-refractivity contribution in [3.63, 3.8) is 0 Å². The SMILES string of the molecule is Clc1ccc([C@@H]2CCOC(c3cccc(C4=N[C@H](c5ccc(Cl)cc5)CCO4)n3)=N2)cc1. The van der Waals surface area contributed by atoms with E-state index in [9.17, 15) is 0 Å². The van der Waals surface area contributed by atoms with Gasteiger partial charge in [0.1, 0.15) is 11.4 Å². The fraction of sp³-hybridized carbons (Fsp3) is 0.240. The number of pyridine rings is 1. The third-order valence-electron chi connectivity index (χ3n) is 5.50. The van der Waals surface area contributed by atoms with Crippen LogP contribution >= 0.6 is 23.2 Å². The Labute approximate surface area is 196 Å². The highest BCUT2D eigenvalue weighted by molar-refractivity contribution is 6.30. The molecule has 0 unspecified atom stereocenters. The maximum Gasteiger partial charge on any atom is 0.235 e. The molecule has 5 rings (SSSR count). The summed E-state index contributed by atoms with van der Waals surface area (Å²) in [7, 11) is 0. The van der Waals surface area contributed by atoms with Crippen LogP contribution in [0, 0.1) is 0 Å². The highest BCUT2D eigenvalue weighted by Crippen LogP contribution is 2.29. The maximum absolute atomic E-state index is 6.02. The minimum atomic E-state index is 0.0130. The Morgan fingerprint density at radius 1 is 0.625 bits per heavy atom. The highest BCUT2D eigenvalue weighted by atomic mass is 35.5. The predicted molar refractivity (Wildman–Crippen MR) is 127 cm³/mol. The van der Waals surface area contributed by atoms with Crippen molar-refractivity contribution in [3.05, 3.63) is 99.3 Å². The summed E-state index contributed by atoms with van der Waals surface area (Å²) >= 11 is 12.0. The molecule has 3 heterocycles. The van der Waals surface area contributed by atoms with Crippen LogP contribution in [0.1, 0.15) is 47.4 Å². The summed E-state index contributed by atoms with van der Waals surface area (Å²) in [5.41, 5.74) is 3.55. The van der Waals surface area contributed by atoms with E-state index in [1.165, 1.54) is 0 Å². The lowest BCUT2D eigenvalue weighted by molar-refractivity contribution is 0.259. The van der Waals surface area contributed by atoms with Crippen LogP contribution in [0.25, 0.3) is 0 Å². The Kier molecular flexibility index (Phi) is 6.10. The van der Waals surface area contributed by atoms with Crippen molar-refractivity contribution in [1.82, 2.24) is 4.98 Å². The molecule has 0 N–H and O–H groups in total. The fourth-order valence-corrected chi connectivity index (χ4v) is 4.08. The Balaban J connectivity index is 1.41. The molecule has 5 nitrogen and oxygen atoms in total. The first-order valence-electron chi connectivity index (χ1n) is 10.6. The van der Waals surface area contributed by atoms with Crippen LogP contribution in [-0.2, 0) is 9.47 Å². The molecule has 3 aromatic rings. The molecular weight excluding hydrogens is 445 g/mol. The molecule has 2 aliphatic rings. The number of ether oxygens (including phenoxy) is 2. The minimum Gasteiger partial charge on any atom is -0.476 e. The van der Waals surface area contributed by atoms with Gasteiger partial charge < -0.3 is 9.47 Å². The van der Waals surface area contributed by atoms with Crippen LogP contribution in [0.3, 0.4) is 0 Å². The molecule has 1 aromatic heterocycles. The molecule has 0 bridgehead atoms. The summed E-state index contributed by atoms with van der Waals surface area (Å²) < 4.78 is 11.7. The van der Waals surface area contributed by atoms with Crippen molar-refractivity contribution in [1.29, 1.82) is 0 Å². The lowest BCUT2D eigenvalue weighted by Gasteiger charge is -2.23. The van der Waals surface area contributed by atoms with Crippen LogP contribution in [-0.4, -0.2) is 30.0 Å². The second-order valence-electron chi connectivity index (χ2n) is 7.69. The number of halogens is 2.